The highest BCUT2D eigenvalue weighted by Crippen LogP contribution is 2.43. The fourth-order valence-corrected chi connectivity index (χ4v) is 5.16. The van der Waals surface area contributed by atoms with Gasteiger partial charge in [-0.25, -0.2) is 14.5 Å². The van der Waals surface area contributed by atoms with Gasteiger partial charge in [0, 0.05) is 17.3 Å². The second kappa shape index (κ2) is 9.26. The Balaban J connectivity index is 1.46. The summed E-state index contributed by atoms with van der Waals surface area (Å²) < 4.78 is 11.2. The predicted octanol–water partition coefficient (Wildman–Crippen LogP) is 3.66. The Morgan fingerprint density at radius 2 is 2.14 bits per heavy atom. The lowest BCUT2D eigenvalue weighted by molar-refractivity contribution is -0.159. The average molecular weight is 487 g/mol. The van der Waals surface area contributed by atoms with Gasteiger partial charge in [-0.2, -0.15) is 0 Å². The molecule has 3 heterocycles. The summed E-state index contributed by atoms with van der Waals surface area (Å²) in [6.07, 6.45) is 5.85. The van der Waals surface area contributed by atoms with Crippen molar-refractivity contribution in [1.82, 2.24) is 15.1 Å². The van der Waals surface area contributed by atoms with Crippen molar-refractivity contribution in [1.29, 1.82) is 0 Å². The summed E-state index contributed by atoms with van der Waals surface area (Å²) in [6, 6.07) is -0.163. The van der Waals surface area contributed by atoms with Gasteiger partial charge in [0.05, 0.1) is 13.2 Å². The third-order valence-corrected chi connectivity index (χ3v) is 7.17. The van der Waals surface area contributed by atoms with Gasteiger partial charge in [-0.1, -0.05) is 53.5 Å². The minimum atomic E-state index is -0.695. The average Bonchev–Trinajstić information content (AvgIpc) is 3.13. The number of hydrogen-bond donors (Lipinski definition) is 0. The van der Waals surface area contributed by atoms with E-state index in [2.05, 4.69) is 33.1 Å². The van der Waals surface area contributed by atoms with Crippen LogP contribution in [0.4, 0.5) is 9.93 Å². The molecule has 29 heavy (non-hydrogen) atoms. The first-order chi connectivity index (χ1) is 14.1. The molecule has 0 N–H and O–H groups in total. The van der Waals surface area contributed by atoms with Crippen molar-refractivity contribution in [3.8, 4) is 0 Å². The first kappa shape index (κ1) is 21.0. The fraction of sp³-hybridized carbons (Fsp3) is 0.789. The van der Waals surface area contributed by atoms with Crippen molar-refractivity contribution in [2.45, 2.75) is 74.9 Å². The number of aromatic nitrogens is 2. The van der Waals surface area contributed by atoms with Crippen LogP contribution in [0.5, 0.6) is 0 Å². The molecule has 0 aromatic carbocycles. The number of carbonyl (C=O) groups is 2. The minimum Gasteiger partial charge on any atom is -0.437 e. The SMILES string of the molecule is CCCCCCN1CC(OC(=O)C2CC(Br)CO2)N(c2nnc(C3CC3)s2)C1=O. The third-order valence-electron chi connectivity index (χ3n) is 5.45. The molecule has 10 heteroatoms. The van der Waals surface area contributed by atoms with E-state index < -0.39 is 18.3 Å². The molecule has 1 aromatic heterocycles. The molecule has 3 atom stereocenters. The van der Waals surface area contributed by atoms with E-state index in [1.165, 1.54) is 16.2 Å². The zero-order valence-corrected chi connectivity index (χ0v) is 19.0. The van der Waals surface area contributed by atoms with Crippen LogP contribution >= 0.6 is 27.3 Å². The zero-order valence-electron chi connectivity index (χ0n) is 16.6. The standard InChI is InChI=1S/C19H27BrN4O4S/c1-2-3-4-5-8-23-10-15(28-17(25)14-9-13(20)11-27-14)24(19(23)26)18-22-21-16(29-18)12-6-7-12/h12-15H,2-11H2,1H3. The minimum absolute atomic E-state index is 0.153. The molecule has 8 nitrogen and oxygen atoms in total. The topological polar surface area (TPSA) is 84.9 Å². The van der Waals surface area contributed by atoms with Crippen LogP contribution < -0.4 is 4.90 Å². The molecule has 1 saturated carbocycles. The number of esters is 1. The Morgan fingerprint density at radius 1 is 1.31 bits per heavy atom. The van der Waals surface area contributed by atoms with Crippen LogP contribution in [0.1, 0.15) is 62.8 Å². The Morgan fingerprint density at radius 3 is 2.83 bits per heavy atom. The number of amides is 2. The van der Waals surface area contributed by atoms with Gasteiger partial charge >= 0.3 is 12.0 Å². The number of urea groups is 1. The second-order valence-corrected chi connectivity index (χ2v) is 10.2. The van der Waals surface area contributed by atoms with E-state index in [1.54, 1.807) is 4.90 Å². The van der Waals surface area contributed by atoms with Crippen molar-refractivity contribution < 1.29 is 19.1 Å². The first-order valence-corrected chi connectivity index (χ1v) is 12.2. The first-order valence-electron chi connectivity index (χ1n) is 10.4. The lowest BCUT2D eigenvalue weighted by Crippen LogP contribution is -2.39. The van der Waals surface area contributed by atoms with Crippen molar-refractivity contribution in [2.75, 3.05) is 24.6 Å². The highest BCUT2D eigenvalue weighted by Gasteiger charge is 2.44. The molecule has 0 radical (unpaired) electrons. The van der Waals surface area contributed by atoms with Crippen LogP contribution in [0.25, 0.3) is 0 Å². The quantitative estimate of drug-likeness (QED) is 0.300. The fourth-order valence-electron chi connectivity index (χ4n) is 3.62. The molecule has 1 aliphatic carbocycles. The molecule has 3 unspecified atom stereocenters. The molecule has 3 fully saturated rings. The maximum Gasteiger partial charge on any atom is 0.337 e. The number of rotatable bonds is 9. The number of nitrogens with zero attached hydrogens (tertiary/aromatic N) is 4. The molecule has 2 aliphatic heterocycles. The number of ether oxygens (including phenoxy) is 2. The number of halogens is 1. The summed E-state index contributed by atoms with van der Waals surface area (Å²) in [5, 5.41) is 9.96. The van der Waals surface area contributed by atoms with Crippen LogP contribution in [0.3, 0.4) is 0 Å². The van der Waals surface area contributed by atoms with Crippen molar-refractivity contribution in [3.05, 3.63) is 5.01 Å². The summed E-state index contributed by atoms with van der Waals surface area (Å²) in [5.74, 6) is 0.0439. The van der Waals surface area contributed by atoms with Gasteiger partial charge in [-0.3, -0.25) is 0 Å². The van der Waals surface area contributed by atoms with Gasteiger partial charge in [-0.05, 0) is 25.7 Å². The Hall–Kier alpha value is -1.26. The van der Waals surface area contributed by atoms with E-state index in [-0.39, 0.29) is 10.9 Å². The van der Waals surface area contributed by atoms with E-state index in [1.807, 2.05) is 0 Å². The molecule has 1 aromatic rings. The maximum absolute atomic E-state index is 13.1. The molecule has 2 saturated heterocycles. The van der Waals surface area contributed by atoms with Crippen LogP contribution in [0.15, 0.2) is 0 Å². The maximum atomic E-state index is 13.1. The molecule has 4 rings (SSSR count). The largest absolute Gasteiger partial charge is 0.437 e. The highest BCUT2D eigenvalue weighted by atomic mass is 79.9. The van der Waals surface area contributed by atoms with E-state index in [0.29, 0.717) is 37.2 Å². The summed E-state index contributed by atoms with van der Waals surface area (Å²) in [6.45, 7) is 3.64. The molecule has 160 valence electrons. The van der Waals surface area contributed by atoms with Gasteiger partial charge in [0.25, 0.3) is 0 Å². The number of carbonyl (C=O) groups excluding carboxylic acids is 2. The van der Waals surface area contributed by atoms with Gasteiger partial charge in [0.1, 0.15) is 5.01 Å². The highest BCUT2D eigenvalue weighted by molar-refractivity contribution is 9.09. The van der Waals surface area contributed by atoms with E-state index in [4.69, 9.17) is 9.47 Å². The second-order valence-electron chi connectivity index (χ2n) is 7.90. The summed E-state index contributed by atoms with van der Waals surface area (Å²) >= 11 is 4.90. The number of unbranched alkanes of at least 4 members (excludes halogenated alkanes) is 3. The zero-order chi connectivity index (χ0) is 20.4. The lowest BCUT2D eigenvalue weighted by Gasteiger charge is -2.21. The van der Waals surface area contributed by atoms with Gasteiger partial charge in [-0.15, -0.1) is 10.2 Å². The summed E-state index contributed by atoms with van der Waals surface area (Å²) in [5.41, 5.74) is 0. The van der Waals surface area contributed by atoms with Crippen LogP contribution in [0.2, 0.25) is 0 Å². The molecule has 0 spiro atoms. The monoisotopic (exact) mass is 486 g/mol. The van der Waals surface area contributed by atoms with Crippen LogP contribution in [-0.2, 0) is 14.3 Å². The Labute approximate surface area is 183 Å². The number of hydrogen-bond acceptors (Lipinski definition) is 7. The Bertz CT molecular complexity index is 744. The van der Waals surface area contributed by atoms with Crippen molar-refractivity contribution in [2.24, 2.45) is 0 Å². The molecule has 2 amide bonds. The smallest absolute Gasteiger partial charge is 0.337 e. The van der Waals surface area contributed by atoms with Gasteiger partial charge in [0.2, 0.25) is 11.4 Å². The summed E-state index contributed by atoms with van der Waals surface area (Å²) in [7, 11) is 0. The predicted molar refractivity (Wildman–Crippen MR) is 112 cm³/mol. The number of alkyl halides is 1. The van der Waals surface area contributed by atoms with Gasteiger partial charge < -0.3 is 14.4 Å². The molecular weight excluding hydrogens is 460 g/mol. The Kier molecular flexibility index (Phi) is 6.70. The van der Waals surface area contributed by atoms with Crippen molar-refractivity contribution >= 4 is 44.4 Å². The molecular formula is C19H27BrN4O4S. The van der Waals surface area contributed by atoms with Crippen molar-refractivity contribution in [3.63, 3.8) is 0 Å². The number of anilines is 1. The van der Waals surface area contributed by atoms with Crippen LogP contribution in [-0.4, -0.2) is 64.0 Å². The van der Waals surface area contributed by atoms with Gasteiger partial charge in [0.15, 0.2) is 6.10 Å². The summed E-state index contributed by atoms with van der Waals surface area (Å²) in [4.78, 5) is 29.1. The van der Waals surface area contributed by atoms with E-state index >= 15 is 0 Å². The molecule has 0 bridgehead atoms. The molecule has 3 aliphatic rings. The lowest BCUT2D eigenvalue weighted by atomic mass is 10.2. The van der Waals surface area contributed by atoms with Crippen LogP contribution in [0, 0.1) is 0 Å². The third kappa shape index (κ3) is 4.91. The van der Waals surface area contributed by atoms with E-state index in [9.17, 15) is 9.59 Å². The van der Waals surface area contributed by atoms with E-state index in [0.717, 1.165) is 43.5 Å². The normalized spacial score (nSPS) is 27.1.